The second-order valence-electron chi connectivity index (χ2n) is 16.5. The van der Waals surface area contributed by atoms with Crippen LogP contribution in [0.3, 0.4) is 0 Å². The molecule has 0 aromatic rings. The highest BCUT2D eigenvalue weighted by Crippen LogP contribution is 2.16. The summed E-state index contributed by atoms with van der Waals surface area (Å²) in [6, 6.07) is 0. The Hall–Kier alpha value is -1.59. The quantitative estimate of drug-likeness (QED) is 0.0351. The van der Waals surface area contributed by atoms with Gasteiger partial charge in [-0.25, -0.2) is 0 Å². The predicted molar refractivity (Wildman–Crippen MR) is 224 cm³/mol. The SMILES string of the molecule is CCCCCCCCCCCCCCCC(=O)O[C@H](COC(=O)CCCCCCCCCCCC)COC(=O)CCCCCCCCCCCC(C)C. The highest BCUT2D eigenvalue weighted by molar-refractivity contribution is 5.71. The highest BCUT2D eigenvalue weighted by Gasteiger charge is 2.19. The van der Waals surface area contributed by atoms with E-state index in [1.165, 1.54) is 154 Å². The topological polar surface area (TPSA) is 78.9 Å². The van der Waals surface area contributed by atoms with Crippen LogP contribution in [0.25, 0.3) is 0 Å². The second-order valence-corrected chi connectivity index (χ2v) is 16.5. The molecule has 6 heteroatoms. The second kappa shape index (κ2) is 41.6. The van der Waals surface area contributed by atoms with E-state index >= 15 is 0 Å². The smallest absolute Gasteiger partial charge is 0.306 e. The molecule has 53 heavy (non-hydrogen) atoms. The van der Waals surface area contributed by atoms with E-state index in [2.05, 4.69) is 27.7 Å². The van der Waals surface area contributed by atoms with E-state index in [-0.39, 0.29) is 31.1 Å². The molecule has 0 aliphatic carbocycles. The summed E-state index contributed by atoms with van der Waals surface area (Å²) in [6.07, 6.45) is 40.8. The molecule has 1 atom stereocenters. The van der Waals surface area contributed by atoms with Crippen LogP contribution in [0.2, 0.25) is 0 Å². The Bertz CT molecular complexity index is 796. The standard InChI is InChI=1S/C47H90O6/c1-5-7-9-11-13-15-17-18-19-23-28-32-36-40-47(50)53-44(41-51-45(48)38-34-30-26-22-16-14-12-10-8-6-2)42-52-46(49)39-35-31-27-24-20-21-25-29-33-37-43(3)4/h43-44H,5-42H2,1-4H3/t44-/m1/s1. The Balaban J connectivity index is 4.32. The van der Waals surface area contributed by atoms with Gasteiger partial charge in [-0.05, 0) is 25.2 Å². The van der Waals surface area contributed by atoms with Crippen LogP contribution in [0.4, 0.5) is 0 Å². The summed E-state index contributed by atoms with van der Waals surface area (Å²) >= 11 is 0. The van der Waals surface area contributed by atoms with Crippen LogP contribution >= 0.6 is 0 Å². The third-order valence-corrected chi connectivity index (χ3v) is 10.5. The highest BCUT2D eigenvalue weighted by atomic mass is 16.6. The van der Waals surface area contributed by atoms with Crippen LogP contribution in [-0.4, -0.2) is 37.2 Å². The van der Waals surface area contributed by atoms with Gasteiger partial charge in [0.25, 0.3) is 0 Å². The molecule has 0 aromatic heterocycles. The van der Waals surface area contributed by atoms with Crippen LogP contribution in [0, 0.1) is 5.92 Å². The Morgan fingerprint density at radius 2 is 0.623 bits per heavy atom. The number of carbonyl (C=O) groups excluding carboxylic acids is 3. The molecule has 0 aliphatic rings. The number of hydrogen-bond acceptors (Lipinski definition) is 6. The van der Waals surface area contributed by atoms with E-state index in [4.69, 9.17) is 14.2 Å². The first kappa shape index (κ1) is 51.4. The van der Waals surface area contributed by atoms with Gasteiger partial charge in [0.05, 0.1) is 0 Å². The molecular weight excluding hydrogens is 661 g/mol. The lowest BCUT2D eigenvalue weighted by molar-refractivity contribution is -0.167. The predicted octanol–water partition coefficient (Wildman–Crippen LogP) is 14.7. The maximum Gasteiger partial charge on any atom is 0.306 e. The van der Waals surface area contributed by atoms with E-state index in [1.807, 2.05) is 0 Å². The van der Waals surface area contributed by atoms with Gasteiger partial charge in [-0.15, -0.1) is 0 Å². The molecular formula is C47H90O6. The molecule has 314 valence electrons. The lowest BCUT2D eigenvalue weighted by atomic mass is 10.0. The molecule has 0 heterocycles. The minimum Gasteiger partial charge on any atom is -0.462 e. The number of rotatable bonds is 42. The van der Waals surface area contributed by atoms with Crippen molar-refractivity contribution in [3.8, 4) is 0 Å². The third-order valence-electron chi connectivity index (χ3n) is 10.5. The van der Waals surface area contributed by atoms with Crippen molar-refractivity contribution in [1.82, 2.24) is 0 Å². The first-order chi connectivity index (χ1) is 25.9. The number of carbonyl (C=O) groups is 3. The molecule has 6 nitrogen and oxygen atoms in total. The van der Waals surface area contributed by atoms with E-state index in [9.17, 15) is 14.4 Å². The molecule has 0 N–H and O–H groups in total. The molecule has 0 fully saturated rings. The molecule has 0 aliphatic heterocycles. The van der Waals surface area contributed by atoms with Crippen LogP contribution < -0.4 is 0 Å². The fourth-order valence-corrected chi connectivity index (χ4v) is 6.98. The van der Waals surface area contributed by atoms with Crippen LogP contribution in [-0.2, 0) is 28.6 Å². The van der Waals surface area contributed by atoms with Crippen LogP contribution in [0.5, 0.6) is 0 Å². The van der Waals surface area contributed by atoms with Crippen molar-refractivity contribution in [2.24, 2.45) is 5.92 Å². The zero-order valence-electron chi connectivity index (χ0n) is 36.0. The van der Waals surface area contributed by atoms with Gasteiger partial charge in [0.1, 0.15) is 13.2 Å². The molecule has 0 saturated carbocycles. The fourth-order valence-electron chi connectivity index (χ4n) is 6.98. The zero-order valence-corrected chi connectivity index (χ0v) is 36.0. The normalized spacial score (nSPS) is 11.9. The van der Waals surface area contributed by atoms with Gasteiger partial charge in [-0.2, -0.15) is 0 Å². The Kier molecular flexibility index (Phi) is 40.3. The van der Waals surface area contributed by atoms with Crippen LogP contribution in [0.1, 0.15) is 259 Å². The molecule has 0 rings (SSSR count). The molecule has 0 spiro atoms. The lowest BCUT2D eigenvalue weighted by Gasteiger charge is -2.18. The van der Waals surface area contributed by atoms with Crippen molar-refractivity contribution in [1.29, 1.82) is 0 Å². The van der Waals surface area contributed by atoms with Crippen molar-refractivity contribution >= 4 is 17.9 Å². The van der Waals surface area contributed by atoms with E-state index in [0.29, 0.717) is 19.3 Å². The van der Waals surface area contributed by atoms with Crippen molar-refractivity contribution in [3.05, 3.63) is 0 Å². The van der Waals surface area contributed by atoms with Gasteiger partial charge >= 0.3 is 17.9 Å². The maximum absolute atomic E-state index is 12.7. The number of esters is 3. The van der Waals surface area contributed by atoms with Gasteiger partial charge < -0.3 is 14.2 Å². The van der Waals surface area contributed by atoms with E-state index < -0.39 is 6.10 Å². The zero-order chi connectivity index (χ0) is 38.9. The Morgan fingerprint density at radius 1 is 0.358 bits per heavy atom. The number of ether oxygens (including phenoxy) is 3. The Labute approximate surface area is 329 Å². The Morgan fingerprint density at radius 3 is 0.925 bits per heavy atom. The molecule has 0 bridgehead atoms. The molecule has 0 aromatic carbocycles. The average Bonchev–Trinajstić information content (AvgIpc) is 3.14. The molecule has 0 saturated heterocycles. The number of hydrogen-bond donors (Lipinski definition) is 0. The largest absolute Gasteiger partial charge is 0.462 e. The third kappa shape index (κ3) is 41.4. The summed E-state index contributed by atoms with van der Waals surface area (Å²) in [5.41, 5.74) is 0. The van der Waals surface area contributed by atoms with Crippen molar-refractivity contribution in [2.45, 2.75) is 265 Å². The summed E-state index contributed by atoms with van der Waals surface area (Å²) in [6.45, 7) is 8.97. The summed E-state index contributed by atoms with van der Waals surface area (Å²) in [5, 5.41) is 0. The molecule has 0 amide bonds. The van der Waals surface area contributed by atoms with Crippen molar-refractivity contribution in [2.75, 3.05) is 13.2 Å². The lowest BCUT2D eigenvalue weighted by Crippen LogP contribution is -2.30. The summed E-state index contributed by atoms with van der Waals surface area (Å²) < 4.78 is 16.7. The van der Waals surface area contributed by atoms with Gasteiger partial charge in [-0.3, -0.25) is 14.4 Å². The van der Waals surface area contributed by atoms with Gasteiger partial charge in [-0.1, -0.05) is 220 Å². The van der Waals surface area contributed by atoms with Crippen LogP contribution in [0.15, 0.2) is 0 Å². The van der Waals surface area contributed by atoms with Crippen molar-refractivity contribution < 1.29 is 28.6 Å². The summed E-state index contributed by atoms with van der Waals surface area (Å²) in [7, 11) is 0. The van der Waals surface area contributed by atoms with Gasteiger partial charge in [0.2, 0.25) is 0 Å². The summed E-state index contributed by atoms with van der Waals surface area (Å²) in [5.74, 6) is -0.0452. The van der Waals surface area contributed by atoms with Gasteiger partial charge in [0.15, 0.2) is 6.10 Å². The maximum atomic E-state index is 12.7. The summed E-state index contributed by atoms with van der Waals surface area (Å²) in [4.78, 5) is 37.7. The monoisotopic (exact) mass is 751 g/mol. The fraction of sp³-hybridized carbons (Fsp3) is 0.936. The number of unbranched alkanes of at least 4 members (excludes halogenated alkanes) is 29. The molecule has 0 unspecified atom stereocenters. The minimum atomic E-state index is -0.759. The first-order valence-electron chi connectivity index (χ1n) is 23.4. The molecule has 0 radical (unpaired) electrons. The van der Waals surface area contributed by atoms with Gasteiger partial charge in [0, 0.05) is 19.3 Å². The average molecular weight is 751 g/mol. The van der Waals surface area contributed by atoms with E-state index in [1.54, 1.807) is 0 Å². The van der Waals surface area contributed by atoms with Crippen molar-refractivity contribution in [3.63, 3.8) is 0 Å². The van der Waals surface area contributed by atoms with E-state index in [0.717, 1.165) is 63.7 Å². The first-order valence-corrected chi connectivity index (χ1v) is 23.4. The minimum absolute atomic E-state index is 0.0638.